The number of ketones is 1. The van der Waals surface area contributed by atoms with Crippen molar-refractivity contribution in [3.63, 3.8) is 0 Å². The quantitative estimate of drug-likeness (QED) is 0.231. The molecule has 170 valence electrons. The molecular formula is C23H30ClNO4S2. The van der Waals surface area contributed by atoms with Crippen LogP contribution in [0.15, 0.2) is 28.6 Å². The number of unbranched alkanes of at least 4 members (excludes halogenated alkanes) is 1. The van der Waals surface area contributed by atoms with Crippen LogP contribution in [0.4, 0.5) is 0 Å². The number of thiophene rings is 1. The lowest BCUT2D eigenvalue weighted by molar-refractivity contribution is -0.140. The molecule has 2 aliphatic rings. The van der Waals surface area contributed by atoms with Gasteiger partial charge in [-0.3, -0.25) is 9.59 Å². The highest BCUT2D eigenvalue weighted by Crippen LogP contribution is 2.39. The van der Waals surface area contributed by atoms with Crippen molar-refractivity contribution in [2.24, 2.45) is 17.0 Å². The summed E-state index contributed by atoms with van der Waals surface area (Å²) in [7, 11) is 0. The highest BCUT2D eigenvalue weighted by Gasteiger charge is 2.36. The van der Waals surface area contributed by atoms with Gasteiger partial charge in [0.2, 0.25) is 0 Å². The lowest BCUT2D eigenvalue weighted by Gasteiger charge is -2.33. The Morgan fingerprint density at radius 2 is 2.13 bits per heavy atom. The second-order valence-corrected chi connectivity index (χ2v) is 11.0. The van der Waals surface area contributed by atoms with Crippen LogP contribution in [0.5, 0.6) is 0 Å². The fourth-order valence-electron chi connectivity index (χ4n) is 4.05. The molecule has 1 aromatic heterocycles. The van der Waals surface area contributed by atoms with Crippen molar-refractivity contribution in [1.29, 1.82) is 0 Å². The van der Waals surface area contributed by atoms with E-state index in [0.29, 0.717) is 46.6 Å². The molecule has 0 spiro atoms. The zero-order chi connectivity index (χ0) is 22.2. The van der Waals surface area contributed by atoms with E-state index in [9.17, 15) is 9.59 Å². The lowest BCUT2D eigenvalue weighted by atomic mass is 9.77. The Balaban J connectivity index is 1.76. The van der Waals surface area contributed by atoms with Crippen LogP contribution >= 0.6 is 34.7 Å². The minimum Gasteiger partial charge on any atom is -0.430 e. The Hall–Kier alpha value is -1.31. The SMILES string of the molecule is CCCCC(=O)OC1=C(C(C)=NOCc2ccc(Cl)s2)C(=O)CC(C2CCCSC2)C1. The van der Waals surface area contributed by atoms with Crippen molar-refractivity contribution in [3.05, 3.63) is 32.7 Å². The summed E-state index contributed by atoms with van der Waals surface area (Å²) in [6.07, 6.45) is 5.46. The number of oxime groups is 1. The molecule has 5 nitrogen and oxygen atoms in total. The molecule has 1 fully saturated rings. The van der Waals surface area contributed by atoms with E-state index in [-0.39, 0.29) is 24.3 Å². The molecule has 1 saturated heterocycles. The molecule has 8 heteroatoms. The zero-order valence-corrected chi connectivity index (χ0v) is 20.5. The molecule has 1 aliphatic heterocycles. The van der Waals surface area contributed by atoms with Crippen LogP contribution in [-0.4, -0.2) is 29.0 Å². The molecule has 0 saturated carbocycles. The summed E-state index contributed by atoms with van der Waals surface area (Å²) >= 11 is 9.33. The van der Waals surface area contributed by atoms with E-state index in [2.05, 4.69) is 5.16 Å². The fraction of sp³-hybridized carbons (Fsp3) is 0.609. The highest BCUT2D eigenvalue weighted by atomic mass is 35.5. The number of hydrogen-bond donors (Lipinski definition) is 0. The number of carbonyl (C=O) groups excluding carboxylic acids is 2. The van der Waals surface area contributed by atoms with E-state index < -0.39 is 0 Å². The molecule has 0 amide bonds. The summed E-state index contributed by atoms with van der Waals surface area (Å²) in [6, 6.07) is 3.70. The first-order chi connectivity index (χ1) is 15.0. The minimum absolute atomic E-state index is 0.00543. The summed E-state index contributed by atoms with van der Waals surface area (Å²) in [5, 5.41) is 4.17. The number of hydrogen-bond acceptors (Lipinski definition) is 7. The standard InChI is InChI=1S/C23H30ClNO4S2/c1-3-4-7-22(27)29-20-12-17(16-6-5-10-30-14-16)11-19(26)23(20)15(2)25-28-13-18-8-9-21(24)31-18/h8-9,16-17H,3-7,10-14H2,1-2H3. The van der Waals surface area contributed by atoms with Gasteiger partial charge in [-0.2, -0.15) is 11.8 Å². The predicted molar refractivity (Wildman–Crippen MR) is 128 cm³/mol. The number of esters is 1. The van der Waals surface area contributed by atoms with Crippen LogP contribution < -0.4 is 0 Å². The molecule has 0 bridgehead atoms. The summed E-state index contributed by atoms with van der Waals surface area (Å²) in [6.45, 7) is 4.06. The summed E-state index contributed by atoms with van der Waals surface area (Å²) in [5.74, 6) is 3.17. The second kappa shape index (κ2) is 12.1. The maximum Gasteiger partial charge on any atom is 0.310 e. The third-order valence-electron chi connectivity index (χ3n) is 5.69. The maximum absolute atomic E-state index is 13.1. The van der Waals surface area contributed by atoms with Gasteiger partial charge >= 0.3 is 5.97 Å². The van der Waals surface area contributed by atoms with E-state index >= 15 is 0 Å². The second-order valence-electron chi connectivity index (χ2n) is 8.10. The summed E-state index contributed by atoms with van der Waals surface area (Å²) < 4.78 is 6.44. The van der Waals surface area contributed by atoms with Gasteiger partial charge < -0.3 is 9.57 Å². The Bertz CT molecular complexity index is 842. The van der Waals surface area contributed by atoms with E-state index in [1.54, 1.807) is 6.92 Å². The van der Waals surface area contributed by atoms with Gasteiger partial charge in [0.25, 0.3) is 0 Å². The summed E-state index contributed by atoms with van der Waals surface area (Å²) in [5.41, 5.74) is 0.871. The number of nitrogens with zero attached hydrogens (tertiary/aromatic N) is 1. The smallest absolute Gasteiger partial charge is 0.310 e. The maximum atomic E-state index is 13.1. The summed E-state index contributed by atoms with van der Waals surface area (Å²) in [4.78, 5) is 31.9. The molecule has 0 radical (unpaired) electrons. The predicted octanol–water partition coefficient (Wildman–Crippen LogP) is 6.40. The van der Waals surface area contributed by atoms with E-state index in [0.717, 1.165) is 29.9 Å². The van der Waals surface area contributed by atoms with Crippen LogP contribution in [0.3, 0.4) is 0 Å². The van der Waals surface area contributed by atoms with Gasteiger partial charge in [0.15, 0.2) is 12.4 Å². The van der Waals surface area contributed by atoms with E-state index in [1.165, 1.54) is 23.5 Å². The van der Waals surface area contributed by atoms with E-state index in [4.69, 9.17) is 21.2 Å². The van der Waals surface area contributed by atoms with Gasteiger partial charge in [0.1, 0.15) is 5.76 Å². The third-order valence-corrected chi connectivity index (χ3v) is 8.13. The van der Waals surface area contributed by atoms with Crippen LogP contribution in [0, 0.1) is 11.8 Å². The number of carbonyl (C=O) groups is 2. The van der Waals surface area contributed by atoms with Gasteiger partial charge in [0.05, 0.1) is 15.6 Å². The Morgan fingerprint density at radius 1 is 1.29 bits per heavy atom. The first-order valence-electron chi connectivity index (χ1n) is 10.9. The van der Waals surface area contributed by atoms with Gasteiger partial charge in [-0.15, -0.1) is 11.3 Å². The van der Waals surface area contributed by atoms with Crippen molar-refractivity contribution in [2.75, 3.05) is 11.5 Å². The Morgan fingerprint density at radius 3 is 2.81 bits per heavy atom. The molecule has 3 rings (SSSR count). The topological polar surface area (TPSA) is 65.0 Å². The Labute approximate surface area is 197 Å². The number of Topliss-reactive ketones (excluding diaryl/α,β-unsaturated/α-hetero) is 1. The molecule has 0 N–H and O–H groups in total. The van der Waals surface area contributed by atoms with Crippen LogP contribution in [0.25, 0.3) is 0 Å². The molecule has 31 heavy (non-hydrogen) atoms. The van der Waals surface area contributed by atoms with Crippen LogP contribution in [-0.2, 0) is 25.8 Å². The van der Waals surface area contributed by atoms with E-state index in [1.807, 2.05) is 30.8 Å². The fourth-order valence-corrected chi connectivity index (χ4v) is 6.33. The number of rotatable bonds is 9. The highest BCUT2D eigenvalue weighted by molar-refractivity contribution is 7.99. The minimum atomic E-state index is -0.275. The van der Waals surface area contributed by atoms with Gasteiger partial charge in [0, 0.05) is 24.1 Å². The zero-order valence-electron chi connectivity index (χ0n) is 18.2. The van der Waals surface area contributed by atoms with Crippen molar-refractivity contribution in [2.45, 2.75) is 65.4 Å². The van der Waals surface area contributed by atoms with Gasteiger partial charge in [-0.05, 0) is 61.7 Å². The third kappa shape index (κ3) is 7.09. The average Bonchev–Trinajstić information content (AvgIpc) is 3.17. The molecule has 2 unspecified atom stereocenters. The monoisotopic (exact) mass is 483 g/mol. The van der Waals surface area contributed by atoms with Gasteiger partial charge in [-0.25, -0.2) is 0 Å². The molecule has 2 heterocycles. The molecule has 2 atom stereocenters. The van der Waals surface area contributed by atoms with Crippen molar-refractivity contribution < 1.29 is 19.2 Å². The van der Waals surface area contributed by atoms with Crippen molar-refractivity contribution in [1.82, 2.24) is 0 Å². The number of thioether (sulfide) groups is 1. The molecule has 1 aromatic rings. The Kier molecular flexibility index (Phi) is 9.48. The molecule has 1 aliphatic carbocycles. The number of ether oxygens (including phenoxy) is 1. The number of allylic oxidation sites excluding steroid dienone is 2. The average molecular weight is 484 g/mol. The molecule has 0 aromatic carbocycles. The first-order valence-corrected chi connectivity index (χ1v) is 13.3. The van der Waals surface area contributed by atoms with Crippen molar-refractivity contribution in [3.8, 4) is 0 Å². The first kappa shape index (κ1) is 24.3. The molecular weight excluding hydrogens is 454 g/mol. The van der Waals surface area contributed by atoms with Crippen LogP contribution in [0.1, 0.15) is 63.7 Å². The normalized spacial score (nSPS) is 22.5. The van der Waals surface area contributed by atoms with Gasteiger partial charge in [-0.1, -0.05) is 30.1 Å². The number of halogens is 1. The largest absolute Gasteiger partial charge is 0.430 e. The van der Waals surface area contributed by atoms with Crippen LogP contribution in [0.2, 0.25) is 4.34 Å². The lowest BCUT2D eigenvalue weighted by Crippen LogP contribution is -2.31. The van der Waals surface area contributed by atoms with Crippen molar-refractivity contribution >= 4 is 52.2 Å².